The van der Waals surface area contributed by atoms with Gasteiger partial charge in [0.15, 0.2) is 0 Å². The highest BCUT2D eigenvalue weighted by Gasteiger charge is 2.43. The largest absolute Gasteiger partial charge is 0.337 e. The van der Waals surface area contributed by atoms with Gasteiger partial charge in [0.2, 0.25) is 0 Å². The van der Waals surface area contributed by atoms with E-state index in [9.17, 15) is 0 Å². The van der Waals surface area contributed by atoms with Crippen LogP contribution in [0.25, 0.3) is 0 Å². The molecule has 1 aliphatic rings. The van der Waals surface area contributed by atoms with Crippen LogP contribution in [-0.4, -0.2) is 24.3 Å². The first-order valence-corrected chi connectivity index (χ1v) is 5.15. The van der Waals surface area contributed by atoms with Crippen LogP contribution in [0.2, 0.25) is 0 Å². The van der Waals surface area contributed by atoms with Crippen LogP contribution in [0.3, 0.4) is 0 Å². The highest BCUT2D eigenvalue weighted by molar-refractivity contribution is 4.94. The summed E-state index contributed by atoms with van der Waals surface area (Å²) in [6.07, 6.45) is 11.9. The molecule has 0 saturated heterocycles. The van der Waals surface area contributed by atoms with E-state index in [-0.39, 0.29) is 0 Å². The van der Waals surface area contributed by atoms with Crippen LogP contribution in [0.15, 0.2) is 31.4 Å². The van der Waals surface area contributed by atoms with Crippen LogP contribution < -0.4 is 0 Å². The zero-order chi connectivity index (χ0) is 10.1. The van der Waals surface area contributed by atoms with E-state index in [2.05, 4.69) is 24.3 Å². The SMILES string of the molecule is c1cn(CC2(Cn3cnnc3)CC2)cn1. The summed E-state index contributed by atoms with van der Waals surface area (Å²) >= 11 is 0. The van der Waals surface area contributed by atoms with E-state index in [1.165, 1.54) is 12.8 Å². The number of aromatic nitrogens is 5. The minimum Gasteiger partial charge on any atom is -0.337 e. The smallest absolute Gasteiger partial charge is 0.119 e. The molecule has 15 heavy (non-hydrogen) atoms. The Bertz CT molecular complexity index is 374. The second-order valence-electron chi connectivity index (χ2n) is 4.37. The molecule has 0 aliphatic heterocycles. The van der Waals surface area contributed by atoms with Crippen LogP contribution >= 0.6 is 0 Å². The second kappa shape index (κ2) is 3.18. The average molecular weight is 203 g/mol. The van der Waals surface area contributed by atoms with Crippen molar-refractivity contribution in [2.75, 3.05) is 0 Å². The van der Waals surface area contributed by atoms with Gasteiger partial charge in [-0.25, -0.2) is 4.98 Å². The summed E-state index contributed by atoms with van der Waals surface area (Å²) in [6, 6.07) is 0. The maximum atomic E-state index is 4.06. The van der Waals surface area contributed by atoms with Crippen molar-refractivity contribution in [1.29, 1.82) is 0 Å². The Hall–Kier alpha value is -1.65. The fraction of sp³-hybridized carbons (Fsp3) is 0.500. The second-order valence-corrected chi connectivity index (χ2v) is 4.37. The highest BCUT2D eigenvalue weighted by atomic mass is 15.2. The van der Waals surface area contributed by atoms with Crippen molar-refractivity contribution in [3.63, 3.8) is 0 Å². The van der Waals surface area contributed by atoms with Crippen molar-refractivity contribution in [1.82, 2.24) is 24.3 Å². The standard InChI is InChI=1S/C10H13N5/c1-2-10(1,5-14-4-3-11-7-14)6-15-8-12-13-9-15/h3-4,7-9H,1-2,5-6H2. The monoisotopic (exact) mass is 203 g/mol. The lowest BCUT2D eigenvalue weighted by Gasteiger charge is -2.15. The first-order chi connectivity index (χ1) is 7.36. The minimum atomic E-state index is 0.406. The Morgan fingerprint density at radius 2 is 1.73 bits per heavy atom. The van der Waals surface area contributed by atoms with Crippen LogP contribution in [0.1, 0.15) is 12.8 Å². The quantitative estimate of drug-likeness (QED) is 0.743. The number of nitrogens with zero attached hydrogens (tertiary/aromatic N) is 5. The van der Waals surface area contributed by atoms with Crippen LogP contribution in [0.5, 0.6) is 0 Å². The third kappa shape index (κ3) is 1.77. The Morgan fingerprint density at radius 1 is 1.00 bits per heavy atom. The third-order valence-corrected chi connectivity index (χ3v) is 3.02. The number of rotatable bonds is 4. The summed E-state index contributed by atoms with van der Waals surface area (Å²) in [5.74, 6) is 0. The van der Waals surface area contributed by atoms with Crippen LogP contribution in [0.4, 0.5) is 0 Å². The molecule has 1 saturated carbocycles. The molecule has 78 valence electrons. The van der Waals surface area contributed by atoms with Crippen molar-refractivity contribution < 1.29 is 0 Å². The van der Waals surface area contributed by atoms with Gasteiger partial charge in [0.25, 0.3) is 0 Å². The zero-order valence-corrected chi connectivity index (χ0v) is 8.45. The molecule has 5 heteroatoms. The molecule has 2 aromatic heterocycles. The molecule has 0 spiro atoms. The van der Waals surface area contributed by atoms with Gasteiger partial charge in [0.05, 0.1) is 6.33 Å². The van der Waals surface area contributed by atoms with E-state index in [0.717, 1.165) is 13.1 Å². The lowest BCUT2D eigenvalue weighted by atomic mass is 10.1. The number of hydrogen-bond donors (Lipinski definition) is 0. The first-order valence-electron chi connectivity index (χ1n) is 5.15. The molecule has 0 amide bonds. The van der Waals surface area contributed by atoms with E-state index in [4.69, 9.17) is 0 Å². The van der Waals surface area contributed by atoms with Crippen molar-refractivity contribution in [2.24, 2.45) is 5.41 Å². The van der Waals surface area contributed by atoms with Gasteiger partial charge in [0, 0.05) is 30.9 Å². The molecule has 0 atom stereocenters. The van der Waals surface area contributed by atoms with Gasteiger partial charge in [-0.3, -0.25) is 0 Å². The van der Waals surface area contributed by atoms with Crippen molar-refractivity contribution in [3.8, 4) is 0 Å². The summed E-state index contributed by atoms with van der Waals surface area (Å²) in [4.78, 5) is 4.06. The van der Waals surface area contributed by atoms with E-state index in [1.54, 1.807) is 12.7 Å². The topological polar surface area (TPSA) is 48.5 Å². The van der Waals surface area contributed by atoms with Crippen molar-refractivity contribution in [3.05, 3.63) is 31.4 Å². The van der Waals surface area contributed by atoms with E-state index in [0.29, 0.717) is 5.41 Å². The Kier molecular flexibility index (Phi) is 1.83. The molecule has 0 radical (unpaired) electrons. The van der Waals surface area contributed by atoms with E-state index in [1.807, 2.05) is 18.7 Å². The average Bonchev–Trinajstić information content (AvgIpc) is 2.71. The maximum absolute atomic E-state index is 4.06. The lowest BCUT2D eigenvalue weighted by Crippen LogP contribution is -2.16. The Morgan fingerprint density at radius 3 is 2.33 bits per heavy atom. The van der Waals surface area contributed by atoms with Gasteiger partial charge in [-0.2, -0.15) is 0 Å². The fourth-order valence-electron chi connectivity index (χ4n) is 2.00. The summed E-state index contributed by atoms with van der Waals surface area (Å²) in [7, 11) is 0. The molecule has 3 rings (SSSR count). The molecule has 5 nitrogen and oxygen atoms in total. The third-order valence-electron chi connectivity index (χ3n) is 3.02. The predicted molar refractivity (Wildman–Crippen MR) is 53.9 cm³/mol. The van der Waals surface area contributed by atoms with Crippen LogP contribution in [-0.2, 0) is 13.1 Å². The normalized spacial score (nSPS) is 17.9. The molecule has 1 aliphatic carbocycles. The molecule has 0 N–H and O–H groups in total. The fourth-order valence-corrected chi connectivity index (χ4v) is 2.00. The van der Waals surface area contributed by atoms with Crippen molar-refractivity contribution >= 4 is 0 Å². The molecular weight excluding hydrogens is 190 g/mol. The molecule has 2 aromatic rings. The molecule has 0 unspecified atom stereocenters. The van der Waals surface area contributed by atoms with Crippen molar-refractivity contribution in [2.45, 2.75) is 25.9 Å². The van der Waals surface area contributed by atoms with Gasteiger partial charge < -0.3 is 9.13 Å². The molecule has 0 bridgehead atoms. The lowest BCUT2D eigenvalue weighted by molar-refractivity contribution is 0.361. The molecule has 2 heterocycles. The number of hydrogen-bond acceptors (Lipinski definition) is 3. The molecule has 0 aromatic carbocycles. The predicted octanol–water partition coefficient (Wildman–Crippen LogP) is 0.955. The van der Waals surface area contributed by atoms with Gasteiger partial charge in [-0.1, -0.05) is 0 Å². The summed E-state index contributed by atoms with van der Waals surface area (Å²) in [5.41, 5.74) is 0.406. The summed E-state index contributed by atoms with van der Waals surface area (Å²) in [5, 5.41) is 7.65. The Balaban J connectivity index is 1.70. The summed E-state index contributed by atoms with van der Waals surface area (Å²) in [6.45, 7) is 2.06. The zero-order valence-electron chi connectivity index (χ0n) is 8.45. The van der Waals surface area contributed by atoms with E-state index >= 15 is 0 Å². The van der Waals surface area contributed by atoms with Gasteiger partial charge in [0.1, 0.15) is 12.7 Å². The maximum Gasteiger partial charge on any atom is 0.119 e. The van der Waals surface area contributed by atoms with Gasteiger partial charge in [-0.15, -0.1) is 10.2 Å². The minimum absolute atomic E-state index is 0.406. The first kappa shape index (κ1) is 8.64. The molecular formula is C10H13N5. The van der Waals surface area contributed by atoms with Gasteiger partial charge >= 0.3 is 0 Å². The highest BCUT2D eigenvalue weighted by Crippen LogP contribution is 2.48. The molecule has 1 fully saturated rings. The van der Waals surface area contributed by atoms with E-state index < -0.39 is 0 Å². The Labute approximate surface area is 87.8 Å². The van der Waals surface area contributed by atoms with Gasteiger partial charge in [-0.05, 0) is 12.8 Å². The van der Waals surface area contributed by atoms with Crippen LogP contribution in [0, 0.1) is 5.41 Å². The number of imidazole rings is 1. The summed E-state index contributed by atoms with van der Waals surface area (Å²) < 4.78 is 4.21.